The molecule has 0 aromatic carbocycles. The quantitative estimate of drug-likeness (QED) is 0.554. The molecule has 0 aliphatic heterocycles. The summed E-state index contributed by atoms with van der Waals surface area (Å²) < 4.78 is 0. The molecule has 1 unspecified atom stereocenters. The van der Waals surface area contributed by atoms with Crippen molar-refractivity contribution in [3.8, 4) is 0 Å². The van der Waals surface area contributed by atoms with E-state index in [0.717, 1.165) is 18.7 Å². The Bertz CT molecular complexity index is 383. The Balaban J connectivity index is 2.36. The van der Waals surface area contributed by atoms with Gasteiger partial charge in [-0.05, 0) is 12.8 Å². The van der Waals surface area contributed by atoms with E-state index in [-0.39, 0.29) is 5.69 Å². The van der Waals surface area contributed by atoms with Crippen LogP contribution in [0, 0.1) is 0 Å². The van der Waals surface area contributed by atoms with Crippen molar-refractivity contribution >= 4 is 0 Å². The molecule has 116 valence electrons. The second-order valence-corrected chi connectivity index (χ2v) is 5.81. The van der Waals surface area contributed by atoms with Crippen molar-refractivity contribution in [2.45, 2.75) is 90.4 Å². The molecule has 0 amide bonds. The molecule has 0 bridgehead atoms. The van der Waals surface area contributed by atoms with Crippen molar-refractivity contribution in [3.05, 3.63) is 16.3 Å². The molecular formula is C16H31N3O. The Kier molecular flexibility index (Phi) is 9.09. The molecule has 0 radical (unpaired) electrons. The summed E-state index contributed by atoms with van der Waals surface area (Å²) >= 11 is 0. The van der Waals surface area contributed by atoms with Crippen LogP contribution in [0.4, 0.5) is 0 Å². The Hall–Kier alpha value is -1.06. The lowest BCUT2D eigenvalue weighted by Crippen LogP contribution is -2.05. The zero-order valence-corrected chi connectivity index (χ0v) is 13.2. The highest BCUT2D eigenvalue weighted by molar-refractivity contribution is 4.92. The third kappa shape index (κ3) is 6.92. The van der Waals surface area contributed by atoms with Gasteiger partial charge in [-0.2, -0.15) is 5.10 Å². The van der Waals surface area contributed by atoms with Crippen molar-refractivity contribution in [1.29, 1.82) is 0 Å². The first kappa shape index (κ1) is 17.0. The zero-order valence-electron chi connectivity index (χ0n) is 13.2. The van der Waals surface area contributed by atoms with Crippen LogP contribution in [0.25, 0.3) is 0 Å². The number of aromatic amines is 2. The molecule has 2 N–H and O–H groups in total. The standard InChI is InChI=1S/C16H31N3O/c1-3-5-7-9-11-13-14(12-10-8-6-4-2)15-17-16(20)19-18-15/h14H,3-13H2,1-2H3,(H2,17,18,19,20). The summed E-state index contributed by atoms with van der Waals surface area (Å²) in [6, 6.07) is 0. The molecule has 1 atom stereocenters. The van der Waals surface area contributed by atoms with E-state index in [2.05, 4.69) is 29.0 Å². The maximum absolute atomic E-state index is 11.2. The molecule has 20 heavy (non-hydrogen) atoms. The monoisotopic (exact) mass is 281 g/mol. The molecule has 1 heterocycles. The van der Waals surface area contributed by atoms with Crippen LogP contribution >= 0.6 is 0 Å². The maximum atomic E-state index is 11.2. The molecule has 0 saturated heterocycles. The molecule has 1 aromatic rings. The zero-order chi connectivity index (χ0) is 14.6. The Morgan fingerprint density at radius 3 is 1.95 bits per heavy atom. The SMILES string of the molecule is CCCCCCCC(CCCCCC)c1n[nH]c(=O)[nH]1. The summed E-state index contributed by atoms with van der Waals surface area (Å²) in [5, 5.41) is 6.64. The van der Waals surface area contributed by atoms with Crippen molar-refractivity contribution in [2.24, 2.45) is 0 Å². The van der Waals surface area contributed by atoms with Gasteiger partial charge in [-0.25, -0.2) is 9.89 Å². The third-order valence-electron chi connectivity index (χ3n) is 3.97. The van der Waals surface area contributed by atoms with Gasteiger partial charge in [0.1, 0.15) is 5.82 Å². The maximum Gasteiger partial charge on any atom is 0.340 e. The van der Waals surface area contributed by atoms with E-state index < -0.39 is 0 Å². The second kappa shape index (κ2) is 10.7. The van der Waals surface area contributed by atoms with Crippen LogP contribution in [-0.4, -0.2) is 15.2 Å². The average molecular weight is 281 g/mol. The topological polar surface area (TPSA) is 61.5 Å². The van der Waals surface area contributed by atoms with E-state index in [1.807, 2.05) is 0 Å². The lowest BCUT2D eigenvalue weighted by molar-refractivity contribution is 0.478. The molecular weight excluding hydrogens is 250 g/mol. The van der Waals surface area contributed by atoms with Gasteiger partial charge in [0, 0.05) is 5.92 Å². The highest BCUT2D eigenvalue weighted by Gasteiger charge is 2.14. The van der Waals surface area contributed by atoms with Crippen LogP contribution < -0.4 is 5.69 Å². The first-order valence-corrected chi connectivity index (χ1v) is 8.42. The Morgan fingerprint density at radius 1 is 0.900 bits per heavy atom. The van der Waals surface area contributed by atoms with Crippen LogP contribution in [0.1, 0.15) is 96.2 Å². The largest absolute Gasteiger partial charge is 0.340 e. The number of nitrogens with zero attached hydrogens (tertiary/aromatic N) is 1. The fourth-order valence-corrected chi connectivity index (χ4v) is 2.71. The first-order valence-electron chi connectivity index (χ1n) is 8.42. The summed E-state index contributed by atoms with van der Waals surface area (Å²) in [7, 11) is 0. The van der Waals surface area contributed by atoms with Crippen LogP contribution in [0.3, 0.4) is 0 Å². The van der Waals surface area contributed by atoms with Crippen molar-refractivity contribution < 1.29 is 0 Å². The minimum Gasteiger partial charge on any atom is -0.293 e. The minimum absolute atomic E-state index is 0.176. The molecule has 0 fully saturated rings. The number of nitrogens with one attached hydrogen (secondary N) is 2. The summed E-state index contributed by atoms with van der Waals surface area (Å²) in [6.45, 7) is 4.47. The molecule has 0 spiro atoms. The number of H-pyrrole nitrogens is 2. The van der Waals surface area contributed by atoms with Crippen LogP contribution in [0.2, 0.25) is 0 Å². The number of rotatable bonds is 12. The fraction of sp³-hybridized carbons (Fsp3) is 0.875. The van der Waals surface area contributed by atoms with Gasteiger partial charge in [-0.3, -0.25) is 4.98 Å². The molecule has 4 heteroatoms. The summed E-state index contributed by atoms with van der Waals surface area (Å²) in [6.07, 6.45) is 13.9. The lowest BCUT2D eigenvalue weighted by Gasteiger charge is -2.13. The van der Waals surface area contributed by atoms with Gasteiger partial charge in [0.2, 0.25) is 0 Å². The number of hydrogen-bond acceptors (Lipinski definition) is 2. The van der Waals surface area contributed by atoms with Crippen LogP contribution in [0.5, 0.6) is 0 Å². The predicted octanol–water partition coefficient (Wildman–Crippen LogP) is 4.51. The van der Waals surface area contributed by atoms with E-state index in [1.165, 1.54) is 57.8 Å². The molecule has 4 nitrogen and oxygen atoms in total. The van der Waals surface area contributed by atoms with Crippen molar-refractivity contribution in [3.63, 3.8) is 0 Å². The first-order chi connectivity index (χ1) is 9.77. The van der Waals surface area contributed by atoms with E-state index in [0.29, 0.717) is 5.92 Å². The Morgan fingerprint density at radius 2 is 1.45 bits per heavy atom. The number of hydrogen-bond donors (Lipinski definition) is 2. The van der Waals surface area contributed by atoms with E-state index in [9.17, 15) is 4.79 Å². The molecule has 0 saturated carbocycles. The predicted molar refractivity (Wildman–Crippen MR) is 84.1 cm³/mol. The summed E-state index contributed by atoms with van der Waals surface area (Å²) in [5.74, 6) is 1.29. The van der Waals surface area contributed by atoms with E-state index in [1.54, 1.807) is 0 Å². The fourth-order valence-electron chi connectivity index (χ4n) is 2.71. The number of unbranched alkanes of at least 4 members (excludes halogenated alkanes) is 7. The van der Waals surface area contributed by atoms with Gasteiger partial charge >= 0.3 is 5.69 Å². The highest BCUT2D eigenvalue weighted by atomic mass is 16.1. The molecule has 1 aromatic heterocycles. The minimum atomic E-state index is -0.176. The van der Waals surface area contributed by atoms with E-state index in [4.69, 9.17) is 0 Å². The van der Waals surface area contributed by atoms with Gasteiger partial charge < -0.3 is 0 Å². The normalized spacial score (nSPS) is 12.7. The number of aromatic nitrogens is 3. The molecule has 1 rings (SSSR count). The average Bonchev–Trinajstić information content (AvgIpc) is 2.87. The van der Waals surface area contributed by atoms with Gasteiger partial charge in [0.15, 0.2) is 0 Å². The van der Waals surface area contributed by atoms with E-state index >= 15 is 0 Å². The smallest absolute Gasteiger partial charge is 0.293 e. The van der Waals surface area contributed by atoms with Crippen molar-refractivity contribution in [1.82, 2.24) is 15.2 Å². The molecule has 0 aliphatic carbocycles. The summed E-state index contributed by atoms with van der Waals surface area (Å²) in [5.41, 5.74) is -0.176. The van der Waals surface area contributed by atoms with Gasteiger partial charge in [-0.15, -0.1) is 0 Å². The van der Waals surface area contributed by atoms with Crippen LogP contribution in [-0.2, 0) is 0 Å². The summed E-state index contributed by atoms with van der Waals surface area (Å²) in [4.78, 5) is 14.1. The Labute approximate surface area is 122 Å². The van der Waals surface area contributed by atoms with Crippen LogP contribution in [0.15, 0.2) is 4.79 Å². The van der Waals surface area contributed by atoms with Gasteiger partial charge in [0.05, 0.1) is 0 Å². The van der Waals surface area contributed by atoms with Crippen molar-refractivity contribution in [2.75, 3.05) is 0 Å². The molecule has 0 aliphatic rings. The highest BCUT2D eigenvalue weighted by Crippen LogP contribution is 2.25. The van der Waals surface area contributed by atoms with Gasteiger partial charge in [0.25, 0.3) is 0 Å². The third-order valence-corrected chi connectivity index (χ3v) is 3.97. The lowest BCUT2D eigenvalue weighted by atomic mass is 9.94. The second-order valence-electron chi connectivity index (χ2n) is 5.81. The van der Waals surface area contributed by atoms with Gasteiger partial charge in [-0.1, -0.05) is 71.6 Å².